The number of hydrogen-bond donors (Lipinski definition) is 2. The van der Waals surface area contributed by atoms with Crippen LogP contribution in [0.4, 0.5) is 16.2 Å². The Hall–Kier alpha value is -1.71. The van der Waals surface area contributed by atoms with Gasteiger partial charge in [-0.1, -0.05) is 0 Å². The quantitative estimate of drug-likeness (QED) is 0.795. The van der Waals surface area contributed by atoms with Gasteiger partial charge in [0.05, 0.1) is 0 Å². The van der Waals surface area contributed by atoms with Crippen LogP contribution < -0.4 is 15.5 Å². The average Bonchev–Trinajstić information content (AvgIpc) is 2.18. The van der Waals surface area contributed by atoms with Crippen molar-refractivity contribution in [3.05, 3.63) is 24.3 Å². The van der Waals surface area contributed by atoms with Crippen molar-refractivity contribution in [1.82, 2.24) is 5.32 Å². The zero-order chi connectivity index (χ0) is 11.3. The normalized spacial score (nSPS) is 9.53. The number of rotatable bonds is 3. The molecule has 0 aromatic heterocycles. The Kier molecular flexibility index (Phi) is 3.97. The van der Waals surface area contributed by atoms with Crippen LogP contribution in [0.25, 0.3) is 0 Å². The topological polar surface area (TPSA) is 44.4 Å². The van der Waals surface area contributed by atoms with E-state index in [2.05, 4.69) is 10.6 Å². The molecule has 2 N–H and O–H groups in total. The van der Waals surface area contributed by atoms with Crippen LogP contribution >= 0.6 is 0 Å². The highest BCUT2D eigenvalue weighted by atomic mass is 16.2. The van der Waals surface area contributed by atoms with E-state index in [1.807, 2.05) is 50.2 Å². The van der Waals surface area contributed by atoms with Gasteiger partial charge in [-0.25, -0.2) is 4.79 Å². The van der Waals surface area contributed by atoms with E-state index in [4.69, 9.17) is 0 Å². The van der Waals surface area contributed by atoms with E-state index in [0.29, 0.717) is 6.54 Å². The molecule has 2 amide bonds. The maximum absolute atomic E-state index is 11.2. The summed E-state index contributed by atoms with van der Waals surface area (Å²) in [6, 6.07) is 7.51. The zero-order valence-electron chi connectivity index (χ0n) is 9.37. The van der Waals surface area contributed by atoms with Crippen LogP contribution in [0.1, 0.15) is 6.92 Å². The number of urea groups is 1. The van der Waals surface area contributed by atoms with Crippen LogP contribution in [0.2, 0.25) is 0 Å². The van der Waals surface area contributed by atoms with Crippen molar-refractivity contribution < 1.29 is 4.79 Å². The SMILES string of the molecule is CCNC(=O)Nc1ccc(N(C)C)cc1. The molecule has 0 aliphatic heterocycles. The van der Waals surface area contributed by atoms with E-state index >= 15 is 0 Å². The first-order valence-corrected chi connectivity index (χ1v) is 4.95. The second-order valence-electron chi connectivity index (χ2n) is 3.43. The fourth-order valence-electron chi connectivity index (χ4n) is 1.18. The van der Waals surface area contributed by atoms with Crippen molar-refractivity contribution in [1.29, 1.82) is 0 Å². The lowest BCUT2D eigenvalue weighted by molar-refractivity contribution is 0.252. The predicted molar refractivity (Wildman–Crippen MR) is 63.5 cm³/mol. The number of nitrogens with one attached hydrogen (secondary N) is 2. The summed E-state index contributed by atoms with van der Waals surface area (Å²) in [5.41, 5.74) is 1.91. The lowest BCUT2D eigenvalue weighted by Gasteiger charge is -2.13. The molecule has 0 spiro atoms. The first-order valence-electron chi connectivity index (χ1n) is 4.95. The van der Waals surface area contributed by atoms with Gasteiger partial charge >= 0.3 is 6.03 Å². The van der Waals surface area contributed by atoms with Crippen molar-refractivity contribution in [2.75, 3.05) is 30.9 Å². The number of benzene rings is 1. The molecule has 0 atom stereocenters. The van der Waals surface area contributed by atoms with Gasteiger partial charge in [-0.3, -0.25) is 0 Å². The molecule has 4 heteroatoms. The molecule has 0 unspecified atom stereocenters. The highest BCUT2D eigenvalue weighted by Gasteiger charge is 1.99. The van der Waals surface area contributed by atoms with Gasteiger partial charge in [-0.05, 0) is 31.2 Å². The Labute approximate surface area is 90.3 Å². The van der Waals surface area contributed by atoms with Crippen molar-refractivity contribution >= 4 is 17.4 Å². The molecular weight excluding hydrogens is 190 g/mol. The third-order valence-electron chi connectivity index (χ3n) is 1.98. The van der Waals surface area contributed by atoms with Crippen molar-refractivity contribution in [3.8, 4) is 0 Å². The molecule has 1 aromatic rings. The maximum Gasteiger partial charge on any atom is 0.319 e. The van der Waals surface area contributed by atoms with E-state index in [0.717, 1.165) is 11.4 Å². The Morgan fingerprint density at radius 3 is 2.33 bits per heavy atom. The van der Waals surface area contributed by atoms with Gasteiger partial charge in [0.15, 0.2) is 0 Å². The standard InChI is InChI=1S/C11H17N3O/c1-4-12-11(15)13-9-5-7-10(8-6-9)14(2)3/h5-8H,4H2,1-3H3,(H2,12,13,15). The molecule has 0 bridgehead atoms. The van der Waals surface area contributed by atoms with Gasteiger partial charge < -0.3 is 15.5 Å². The Morgan fingerprint density at radius 1 is 1.27 bits per heavy atom. The second-order valence-corrected chi connectivity index (χ2v) is 3.43. The van der Waals surface area contributed by atoms with Crippen molar-refractivity contribution in [2.24, 2.45) is 0 Å². The third-order valence-corrected chi connectivity index (χ3v) is 1.98. The lowest BCUT2D eigenvalue weighted by atomic mass is 10.2. The molecule has 0 aliphatic rings. The minimum atomic E-state index is -0.171. The summed E-state index contributed by atoms with van der Waals surface area (Å²) in [4.78, 5) is 13.2. The second kappa shape index (κ2) is 5.24. The molecule has 0 radical (unpaired) electrons. The number of amides is 2. The molecule has 0 fully saturated rings. The van der Waals surface area contributed by atoms with E-state index in [1.165, 1.54) is 0 Å². The first kappa shape index (κ1) is 11.4. The maximum atomic E-state index is 11.2. The third kappa shape index (κ3) is 3.50. The molecule has 0 saturated carbocycles. The van der Waals surface area contributed by atoms with Crippen LogP contribution in [-0.2, 0) is 0 Å². The Balaban J connectivity index is 2.60. The summed E-state index contributed by atoms with van der Waals surface area (Å²) in [6.45, 7) is 2.51. The fourth-order valence-corrected chi connectivity index (χ4v) is 1.18. The number of anilines is 2. The molecule has 1 aromatic carbocycles. The lowest BCUT2D eigenvalue weighted by Crippen LogP contribution is -2.28. The van der Waals surface area contributed by atoms with Gasteiger partial charge in [0.25, 0.3) is 0 Å². The monoisotopic (exact) mass is 207 g/mol. The summed E-state index contributed by atoms with van der Waals surface area (Å²) >= 11 is 0. The van der Waals surface area contributed by atoms with E-state index < -0.39 is 0 Å². The van der Waals surface area contributed by atoms with E-state index in [1.54, 1.807) is 0 Å². The average molecular weight is 207 g/mol. The largest absolute Gasteiger partial charge is 0.378 e. The molecule has 0 aliphatic carbocycles. The minimum Gasteiger partial charge on any atom is -0.378 e. The number of carbonyl (C=O) groups is 1. The van der Waals surface area contributed by atoms with Crippen LogP contribution in [0.15, 0.2) is 24.3 Å². The van der Waals surface area contributed by atoms with Crippen LogP contribution in [0.3, 0.4) is 0 Å². The van der Waals surface area contributed by atoms with E-state index in [-0.39, 0.29) is 6.03 Å². The summed E-state index contributed by atoms with van der Waals surface area (Å²) in [5.74, 6) is 0. The molecule has 1 rings (SSSR count). The Bertz CT molecular complexity index is 319. The van der Waals surface area contributed by atoms with E-state index in [9.17, 15) is 4.79 Å². The Morgan fingerprint density at radius 2 is 1.87 bits per heavy atom. The highest BCUT2D eigenvalue weighted by Crippen LogP contribution is 2.15. The number of hydrogen-bond acceptors (Lipinski definition) is 2. The number of carbonyl (C=O) groups excluding carboxylic acids is 1. The highest BCUT2D eigenvalue weighted by molar-refractivity contribution is 5.89. The summed E-state index contributed by atoms with van der Waals surface area (Å²) in [7, 11) is 3.96. The zero-order valence-corrected chi connectivity index (χ0v) is 9.37. The van der Waals surface area contributed by atoms with Crippen LogP contribution in [-0.4, -0.2) is 26.7 Å². The predicted octanol–water partition coefficient (Wildman–Crippen LogP) is 1.89. The smallest absolute Gasteiger partial charge is 0.319 e. The molecule has 4 nitrogen and oxygen atoms in total. The van der Waals surface area contributed by atoms with Gasteiger partial charge in [0.2, 0.25) is 0 Å². The van der Waals surface area contributed by atoms with Crippen LogP contribution in [0, 0.1) is 0 Å². The molecular formula is C11H17N3O. The van der Waals surface area contributed by atoms with Gasteiger partial charge in [-0.2, -0.15) is 0 Å². The molecule has 0 saturated heterocycles. The van der Waals surface area contributed by atoms with Gasteiger partial charge in [-0.15, -0.1) is 0 Å². The summed E-state index contributed by atoms with van der Waals surface area (Å²) < 4.78 is 0. The summed E-state index contributed by atoms with van der Waals surface area (Å²) in [6.07, 6.45) is 0. The van der Waals surface area contributed by atoms with Gasteiger partial charge in [0.1, 0.15) is 0 Å². The summed E-state index contributed by atoms with van der Waals surface area (Å²) in [5, 5.41) is 5.41. The van der Waals surface area contributed by atoms with Crippen molar-refractivity contribution in [3.63, 3.8) is 0 Å². The first-order chi connectivity index (χ1) is 7.13. The number of nitrogens with zero attached hydrogens (tertiary/aromatic N) is 1. The molecule has 82 valence electrons. The molecule has 15 heavy (non-hydrogen) atoms. The molecule has 0 heterocycles. The van der Waals surface area contributed by atoms with Crippen molar-refractivity contribution in [2.45, 2.75) is 6.92 Å². The van der Waals surface area contributed by atoms with Gasteiger partial charge in [0, 0.05) is 32.0 Å². The minimum absolute atomic E-state index is 0.171. The van der Waals surface area contributed by atoms with Crippen LogP contribution in [0.5, 0.6) is 0 Å². The fraction of sp³-hybridized carbons (Fsp3) is 0.364.